The molecule has 5 rings (SSSR count). The van der Waals surface area contributed by atoms with Crippen LogP contribution in [0.5, 0.6) is 0 Å². The van der Waals surface area contributed by atoms with Crippen LogP contribution >= 0.6 is 11.6 Å². The molecule has 2 fully saturated rings. The van der Waals surface area contributed by atoms with Crippen molar-refractivity contribution in [2.45, 2.75) is 19.9 Å². The summed E-state index contributed by atoms with van der Waals surface area (Å²) in [5, 5.41) is 0.665. The van der Waals surface area contributed by atoms with Gasteiger partial charge < -0.3 is 14.2 Å². The van der Waals surface area contributed by atoms with Gasteiger partial charge in [-0.05, 0) is 25.5 Å². The van der Waals surface area contributed by atoms with E-state index in [0.29, 0.717) is 23.3 Å². The number of hydrogen-bond donors (Lipinski definition) is 0. The first-order chi connectivity index (χ1) is 15.6. The number of aryl methyl sites for hydroxylation is 1. The van der Waals surface area contributed by atoms with Crippen molar-refractivity contribution in [3.05, 3.63) is 35.1 Å². The number of alkyl halides is 1. The lowest BCUT2D eigenvalue weighted by Gasteiger charge is -2.34. The molecule has 0 spiro atoms. The predicted octanol–water partition coefficient (Wildman–Crippen LogP) is 3.58. The van der Waals surface area contributed by atoms with Gasteiger partial charge in [0.2, 0.25) is 0 Å². The Hall–Kier alpha value is -2.29. The van der Waals surface area contributed by atoms with E-state index in [2.05, 4.69) is 14.4 Å². The van der Waals surface area contributed by atoms with Crippen LogP contribution < -0.4 is 4.90 Å². The number of imidazole rings is 1. The Morgan fingerprint density at radius 3 is 2.66 bits per heavy atom. The molecule has 32 heavy (non-hydrogen) atoms. The van der Waals surface area contributed by atoms with Crippen LogP contribution in [0.25, 0.3) is 22.6 Å². The second-order valence-electron chi connectivity index (χ2n) is 8.54. The summed E-state index contributed by atoms with van der Waals surface area (Å²) in [6.45, 7) is 7.61. The van der Waals surface area contributed by atoms with Crippen molar-refractivity contribution in [2.24, 2.45) is 5.92 Å². The Morgan fingerprint density at radius 1 is 1.12 bits per heavy atom. The number of halogens is 2. The lowest BCUT2D eigenvalue weighted by molar-refractivity contribution is 0.183. The van der Waals surface area contributed by atoms with Crippen LogP contribution in [0.1, 0.15) is 12.2 Å². The summed E-state index contributed by atoms with van der Waals surface area (Å²) < 4.78 is 20.6. The van der Waals surface area contributed by atoms with Gasteiger partial charge in [-0.2, -0.15) is 0 Å². The largest absolute Gasteiger partial charge is 0.381 e. The molecular weight excluding hydrogens is 431 g/mol. The van der Waals surface area contributed by atoms with Crippen LogP contribution in [0.4, 0.5) is 10.2 Å². The zero-order valence-electron chi connectivity index (χ0n) is 18.3. The van der Waals surface area contributed by atoms with E-state index in [4.69, 9.17) is 31.3 Å². The quantitative estimate of drug-likeness (QED) is 0.562. The molecule has 0 N–H and O–H groups in total. The van der Waals surface area contributed by atoms with Gasteiger partial charge in [0.15, 0.2) is 17.0 Å². The van der Waals surface area contributed by atoms with Crippen LogP contribution in [0.15, 0.2) is 24.3 Å². The third-order valence-electron chi connectivity index (χ3n) is 6.34. The Morgan fingerprint density at radius 2 is 1.94 bits per heavy atom. The molecule has 2 aliphatic rings. The zero-order valence-corrected chi connectivity index (χ0v) is 19.1. The Balaban J connectivity index is 1.60. The van der Waals surface area contributed by atoms with E-state index < -0.39 is 0 Å². The molecule has 7 nitrogen and oxygen atoms in total. The maximum Gasteiger partial charge on any atom is 0.166 e. The van der Waals surface area contributed by atoms with Crippen LogP contribution in [-0.2, 0) is 11.3 Å². The highest BCUT2D eigenvalue weighted by Crippen LogP contribution is 2.34. The van der Waals surface area contributed by atoms with Crippen molar-refractivity contribution in [3.63, 3.8) is 0 Å². The molecule has 1 aromatic carbocycles. The minimum Gasteiger partial charge on any atom is -0.381 e. The van der Waals surface area contributed by atoms with Crippen molar-refractivity contribution >= 4 is 28.6 Å². The number of fused-ring (bicyclic) bond motifs is 1. The average Bonchev–Trinajstić information content (AvgIpc) is 3.43. The van der Waals surface area contributed by atoms with Crippen molar-refractivity contribution in [1.82, 2.24) is 24.4 Å². The van der Waals surface area contributed by atoms with E-state index in [0.717, 1.165) is 80.7 Å². The number of anilines is 1. The standard InChI is InChI=1S/C23H28ClFN6O/c1-16-26-22(30-11-9-29(8-7-25)10-12-30)20-23(27-16)31(14-17-6-13-32-15-17)21(28-20)18-4-2-3-5-19(18)24/h2-5,17H,6-15H2,1H3. The molecule has 9 heteroatoms. The summed E-state index contributed by atoms with van der Waals surface area (Å²) in [5.41, 5.74) is 2.52. The highest BCUT2D eigenvalue weighted by Gasteiger charge is 2.27. The summed E-state index contributed by atoms with van der Waals surface area (Å²) in [6.07, 6.45) is 1.02. The van der Waals surface area contributed by atoms with E-state index in [-0.39, 0.29) is 6.67 Å². The minimum absolute atomic E-state index is 0.312. The van der Waals surface area contributed by atoms with Crippen LogP contribution in [0, 0.1) is 12.8 Å². The summed E-state index contributed by atoms with van der Waals surface area (Å²) in [4.78, 5) is 19.1. The number of aromatic nitrogens is 4. The summed E-state index contributed by atoms with van der Waals surface area (Å²) in [6, 6.07) is 7.80. The van der Waals surface area contributed by atoms with E-state index in [9.17, 15) is 4.39 Å². The molecule has 1 unspecified atom stereocenters. The first kappa shape index (κ1) is 21.6. The molecule has 0 amide bonds. The number of nitrogens with zero attached hydrogens (tertiary/aromatic N) is 6. The smallest absolute Gasteiger partial charge is 0.166 e. The third-order valence-corrected chi connectivity index (χ3v) is 6.67. The van der Waals surface area contributed by atoms with Gasteiger partial charge in [-0.15, -0.1) is 0 Å². The monoisotopic (exact) mass is 458 g/mol. The molecule has 170 valence electrons. The molecule has 0 bridgehead atoms. The lowest BCUT2D eigenvalue weighted by atomic mass is 10.1. The lowest BCUT2D eigenvalue weighted by Crippen LogP contribution is -2.47. The normalized spacial score (nSPS) is 19.8. The maximum absolute atomic E-state index is 12.8. The molecule has 4 heterocycles. The average molecular weight is 459 g/mol. The highest BCUT2D eigenvalue weighted by atomic mass is 35.5. The number of benzene rings is 1. The number of piperazine rings is 1. The molecule has 2 aliphatic heterocycles. The molecule has 0 saturated carbocycles. The Kier molecular flexibility index (Phi) is 6.26. The molecule has 2 saturated heterocycles. The first-order valence-electron chi connectivity index (χ1n) is 11.2. The van der Waals surface area contributed by atoms with Gasteiger partial charge in [-0.3, -0.25) is 4.90 Å². The van der Waals surface area contributed by atoms with Crippen molar-refractivity contribution in [1.29, 1.82) is 0 Å². The molecular formula is C23H28ClFN6O. The van der Waals surface area contributed by atoms with Crippen molar-refractivity contribution in [2.75, 3.05) is 57.5 Å². The second kappa shape index (κ2) is 9.29. The van der Waals surface area contributed by atoms with Crippen molar-refractivity contribution in [3.8, 4) is 11.4 Å². The number of hydrogen-bond acceptors (Lipinski definition) is 6. The fourth-order valence-corrected chi connectivity index (χ4v) is 4.84. The summed E-state index contributed by atoms with van der Waals surface area (Å²) in [5.74, 6) is 2.79. The van der Waals surface area contributed by atoms with E-state index in [1.54, 1.807) is 0 Å². The van der Waals surface area contributed by atoms with Gasteiger partial charge in [0.1, 0.15) is 18.3 Å². The van der Waals surface area contributed by atoms with Crippen molar-refractivity contribution < 1.29 is 9.13 Å². The highest BCUT2D eigenvalue weighted by molar-refractivity contribution is 6.33. The van der Waals surface area contributed by atoms with Gasteiger partial charge in [0.25, 0.3) is 0 Å². The maximum atomic E-state index is 12.8. The van der Waals surface area contributed by atoms with E-state index >= 15 is 0 Å². The topological polar surface area (TPSA) is 59.3 Å². The summed E-state index contributed by atoms with van der Waals surface area (Å²) >= 11 is 6.58. The fourth-order valence-electron chi connectivity index (χ4n) is 4.62. The van der Waals surface area contributed by atoms with Gasteiger partial charge in [0, 0.05) is 57.4 Å². The van der Waals surface area contributed by atoms with E-state index in [1.807, 2.05) is 31.2 Å². The third kappa shape index (κ3) is 4.19. The summed E-state index contributed by atoms with van der Waals surface area (Å²) in [7, 11) is 0. The van der Waals surface area contributed by atoms with Crippen LogP contribution in [0.2, 0.25) is 5.02 Å². The fraction of sp³-hybridized carbons (Fsp3) is 0.522. The Bertz CT molecular complexity index is 1090. The SMILES string of the molecule is Cc1nc(N2CCN(CCF)CC2)c2nc(-c3ccccc3Cl)n(CC3CCOC3)c2n1. The number of rotatable bonds is 6. The Labute approximate surface area is 192 Å². The van der Waals surface area contributed by atoms with Crippen LogP contribution in [-0.4, -0.2) is 77.0 Å². The van der Waals surface area contributed by atoms with Gasteiger partial charge in [0.05, 0.1) is 11.6 Å². The molecule has 0 radical (unpaired) electrons. The van der Waals surface area contributed by atoms with Crippen LogP contribution in [0.3, 0.4) is 0 Å². The molecule has 0 aliphatic carbocycles. The first-order valence-corrected chi connectivity index (χ1v) is 11.6. The van der Waals surface area contributed by atoms with Gasteiger partial charge in [-0.25, -0.2) is 19.3 Å². The molecule has 3 aromatic rings. The second-order valence-corrected chi connectivity index (χ2v) is 8.95. The molecule has 2 aromatic heterocycles. The van der Waals surface area contributed by atoms with E-state index in [1.165, 1.54) is 0 Å². The zero-order chi connectivity index (χ0) is 22.1. The van der Waals surface area contributed by atoms with Gasteiger partial charge >= 0.3 is 0 Å². The van der Waals surface area contributed by atoms with Gasteiger partial charge in [-0.1, -0.05) is 23.7 Å². The number of ether oxygens (including phenoxy) is 1. The predicted molar refractivity (Wildman–Crippen MR) is 124 cm³/mol. The molecule has 1 atom stereocenters. The minimum atomic E-state index is -0.312.